The Kier molecular flexibility index (Phi) is 3.21. The molecule has 3 rings (SSSR count). The van der Waals surface area contributed by atoms with Gasteiger partial charge in [-0.25, -0.2) is 0 Å². The molecule has 0 aliphatic heterocycles. The Balaban J connectivity index is 1.65. The molecule has 19 heavy (non-hydrogen) atoms. The second-order valence-electron chi connectivity index (χ2n) is 4.64. The Labute approximate surface area is 114 Å². The summed E-state index contributed by atoms with van der Waals surface area (Å²) >= 11 is 1.78. The third-order valence-electron chi connectivity index (χ3n) is 3.26. The van der Waals surface area contributed by atoms with Gasteiger partial charge in [-0.2, -0.15) is 0 Å². The Bertz CT molecular complexity index is 651. The summed E-state index contributed by atoms with van der Waals surface area (Å²) in [6, 6.07) is 5.10. The summed E-state index contributed by atoms with van der Waals surface area (Å²) in [6.07, 6.45) is 5.06. The lowest BCUT2D eigenvalue weighted by Crippen LogP contribution is -2.23. The van der Waals surface area contributed by atoms with E-state index in [1.165, 1.54) is 40.4 Å². The molecule has 0 fully saturated rings. The molecule has 2 heterocycles. The molecule has 0 aromatic carbocycles. The average molecular weight is 274 g/mol. The zero-order chi connectivity index (χ0) is 13.2. The number of rotatable bonds is 3. The quantitative estimate of drug-likeness (QED) is 0.897. The van der Waals surface area contributed by atoms with E-state index in [9.17, 15) is 9.59 Å². The van der Waals surface area contributed by atoms with E-state index in [0.29, 0.717) is 12.1 Å². The van der Waals surface area contributed by atoms with Gasteiger partial charge in [0.25, 0.3) is 5.91 Å². The molecular formula is C14H14N2O2S. The normalized spacial score (nSPS) is 13.3. The Morgan fingerprint density at radius 2 is 2.26 bits per heavy atom. The topological polar surface area (TPSA) is 62.0 Å². The fraction of sp³-hybridized carbons (Fsp3) is 0.286. The summed E-state index contributed by atoms with van der Waals surface area (Å²) in [5.74, 6) is -0.209. The van der Waals surface area contributed by atoms with Crippen LogP contribution in [0.3, 0.4) is 0 Å². The van der Waals surface area contributed by atoms with Gasteiger partial charge < -0.3 is 10.3 Å². The first-order valence-corrected chi connectivity index (χ1v) is 7.11. The van der Waals surface area contributed by atoms with Crippen molar-refractivity contribution >= 4 is 17.2 Å². The van der Waals surface area contributed by atoms with Crippen LogP contribution in [0.15, 0.2) is 29.2 Å². The highest BCUT2D eigenvalue weighted by Crippen LogP contribution is 2.30. The lowest BCUT2D eigenvalue weighted by atomic mass is 10.2. The molecule has 2 aromatic rings. The van der Waals surface area contributed by atoms with Gasteiger partial charge in [0.05, 0.1) is 6.54 Å². The van der Waals surface area contributed by atoms with E-state index < -0.39 is 0 Å². The molecule has 0 unspecified atom stereocenters. The minimum Gasteiger partial charge on any atom is -0.347 e. The summed E-state index contributed by atoms with van der Waals surface area (Å²) in [5, 5.41) is 2.85. The molecule has 1 aliphatic carbocycles. The van der Waals surface area contributed by atoms with Crippen LogP contribution >= 0.6 is 11.3 Å². The zero-order valence-electron chi connectivity index (χ0n) is 10.4. The monoisotopic (exact) mass is 274 g/mol. The van der Waals surface area contributed by atoms with E-state index in [1.54, 1.807) is 17.4 Å². The van der Waals surface area contributed by atoms with Gasteiger partial charge in [0, 0.05) is 27.6 Å². The summed E-state index contributed by atoms with van der Waals surface area (Å²) in [6.45, 7) is 0.531. The van der Waals surface area contributed by atoms with Crippen molar-refractivity contribution in [3.05, 3.63) is 55.6 Å². The maximum atomic E-state index is 11.9. The van der Waals surface area contributed by atoms with Gasteiger partial charge in [0.15, 0.2) is 0 Å². The number of H-pyrrole nitrogens is 1. The van der Waals surface area contributed by atoms with Gasteiger partial charge in [-0.1, -0.05) is 0 Å². The smallest absolute Gasteiger partial charge is 0.251 e. The molecule has 5 heteroatoms. The van der Waals surface area contributed by atoms with Gasteiger partial charge in [-0.3, -0.25) is 9.59 Å². The van der Waals surface area contributed by atoms with Crippen LogP contribution in [0.2, 0.25) is 0 Å². The molecule has 1 amide bonds. The zero-order valence-corrected chi connectivity index (χ0v) is 11.2. The van der Waals surface area contributed by atoms with Crippen molar-refractivity contribution in [1.82, 2.24) is 10.3 Å². The van der Waals surface area contributed by atoms with E-state index in [-0.39, 0.29) is 11.5 Å². The van der Waals surface area contributed by atoms with Crippen molar-refractivity contribution in [2.45, 2.75) is 25.8 Å². The van der Waals surface area contributed by atoms with Crippen LogP contribution < -0.4 is 10.9 Å². The third-order valence-corrected chi connectivity index (χ3v) is 4.50. The maximum Gasteiger partial charge on any atom is 0.251 e. The third kappa shape index (κ3) is 2.61. The minimum absolute atomic E-state index is 0.209. The molecule has 98 valence electrons. The van der Waals surface area contributed by atoms with Gasteiger partial charge in [-0.05, 0) is 37.0 Å². The molecule has 1 aliphatic rings. The second-order valence-corrected chi connectivity index (χ2v) is 5.86. The first-order chi connectivity index (χ1) is 9.22. The van der Waals surface area contributed by atoms with Crippen LogP contribution in [0.5, 0.6) is 0 Å². The Morgan fingerprint density at radius 1 is 1.37 bits per heavy atom. The van der Waals surface area contributed by atoms with Crippen LogP contribution in [0, 0.1) is 0 Å². The van der Waals surface area contributed by atoms with Crippen LogP contribution in [0.4, 0.5) is 0 Å². The van der Waals surface area contributed by atoms with E-state index in [2.05, 4.69) is 16.4 Å². The molecule has 0 spiro atoms. The second kappa shape index (κ2) is 5.01. The van der Waals surface area contributed by atoms with Crippen LogP contribution in [0.1, 0.15) is 32.1 Å². The molecule has 2 N–H and O–H groups in total. The summed E-state index contributed by atoms with van der Waals surface area (Å²) in [4.78, 5) is 28.2. The van der Waals surface area contributed by atoms with E-state index in [1.807, 2.05) is 0 Å². The van der Waals surface area contributed by atoms with E-state index in [0.717, 1.165) is 6.42 Å². The van der Waals surface area contributed by atoms with Crippen LogP contribution in [-0.2, 0) is 19.4 Å². The summed E-state index contributed by atoms with van der Waals surface area (Å²) in [5.41, 5.74) is 1.57. The van der Waals surface area contributed by atoms with Crippen molar-refractivity contribution in [2.24, 2.45) is 0 Å². The first kappa shape index (κ1) is 12.2. The van der Waals surface area contributed by atoms with Gasteiger partial charge in [0.1, 0.15) is 0 Å². The van der Waals surface area contributed by atoms with E-state index >= 15 is 0 Å². The molecule has 4 nitrogen and oxygen atoms in total. The molecule has 0 saturated carbocycles. The van der Waals surface area contributed by atoms with Crippen LogP contribution in [0.25, 0.3) is 0 Å². The number of aromatic nitrogens is 1. The predicted octanol–water partition coefficient (Wildman–Crippen LogP) is 1.86. The number of aromatic amines is 1. The van der Waals surface area contributed by atoms with Crippen LogP contribution in [-0.4, -0.2) is 10.9 Å². The highest BCUT2D eigenvalue weighted by Gasteiger charge is 2.15. The lowest BCUT2D eigenvalue weighted by molar-refractivity contribution is 0.0951. The average Bonchev–Trinajstić information content (AvgIpc) is 2.96. The molecule has 0 saturated heterocycles. The minimum atomic E-state index is -0.261. The standard InChI is InChI=1S/C14H14N2O2S/c17-13-7-10(4-5-15-13)14(18)16-8-11-6-9-2-1-3-12(9)19-11/h4-7H,1-3,8H2,(H,15,17)(H,16,18). The van der Waals surface area contributed by atoms with Gasteiger partial charge in [0.2, 0.25) is 5.56 Å². The lowest BCUT2D eigenvalue weighted by Gasteiger charge is -2.03. The fourth-order valence-electron chi connectivity index (χ4n) is 2.33. The number of hydrogen-bond acceptors (Lipinski definition) is 3. The van der Waals surface area contributed by atoms with Crippen molar-refractivity contribution in [3.8, 4) is 0 Å². The Hall–Kier alpha value is -1.88. The first-order valence-electron chi connectivity index (χ1n) is 6.30. The summed E-state index contributed by atoms with van der Waals surface area (Å²) < 4.78 is 0. The van der Waals surface area contributed by atoms with E-state index in [4.69, 9.17) is 0 Å². The number of thiophene rings is 1. The maximum absolute atomic E-state index is 11.9. The van der Waals surface area contributed by atoms with Gasteiger partial charge >= 0.3 is 0 Å². The number of pyridine rings is 1. The van der Waals surface area contributed by atoms with Gasteiger partial charge in [-0.15, -0.1) is 11.3 Å². The van der Waals surface area contributed by atoms with Crippen molar-refractivity contribution < 1.29 is 4.79 Å². The van der Waals surface area contributed by atoms with Crippen molar-refractivity contribution in [3.63, 3.8) is 0 Å². The number of amides is 1. The molecule has 0 atom stereocenters. The number of aryl methyl sites for hydroxylation is 2. The highest BCUT2D eigenvalue weighted by molar-refractivity contribution is 7.12. The SMILES string of the molecule is O=C(NCc1cc2c(s1)CCC2)c1cc[nH]c(=O)c1. The number of nitrogens with one attached hydrogen (secondary N) is 2. The number of fused-ring (bicyclic) bond motifs is 1. The summed E-state index contributed by atoms with van der Waals surface area (Å²) in [7, 11) is 0. The number of carbonyl (C=O) groups excluding carboxylic acids is 1. The Morgan fingerprint density at radius 3 is 3.05 bits per heavy atom. The van der Waals surface area contributed by atoms with Crippen molar-refractivity contribution in [1.29, 1.82) is 0 Å². The number of carbonyl (C=O) groups is 1. The largest absolute Gasteiger partial charge is 0.347 e. The van der Waals surface area contributed by atoms with Crippen molar-refractivity contribution in [2.75, 3.05) is 0 Å². The molecule has 0 bridgehead atoms. The molecular weight excluding hydrogens is 260 g/mol. The number of hydrogen-bond donors (Lipinski definition) is 2. The molecule has 0 radical (unpaired) electrons. The fourth-order valence-corrected chi connectivity index (χ4v) is 3.53. The highest BCUT2D eigenvalue weighted by atomic mass is 32.1. The predicted molar refractivity (Wildman–Crippen MR) is 74.6 cm³/mol. The molecule has 2 aromatic heterocycles.